The molecule has 158 valence electrons. The lowest BCUT2D eigenvalue weighted by Gasteiger charge is -2.16. The lowest BCUT2D eigenvalue weighted by molar-refractivity contribution is -0.137. The highest BCUT2D eigenvalue weighted by atomic mass is 35.5. The van der Waals surface area contributed by atoms with Crippen LogP contribution in [-0.2, 0) is 17.5 Å². The molecule has 0 fully saturated rings. The average molecular weight is 459 g/mol. The van der Waals surface area contributed by atoms with Gasteiger partial charge in [0.1, 0.15) is 0 Å². The summed E-state index contributed by atoms with van der Waals surface area (Å²) in [6.07, 6.45) is -4.43. The Kier molecular flexibility index (Phi) is 6.59. The van der Waals surface area contributed by atoms with Gasteiger partial charge in [0.2, 0.25) is 5.91 Å². The van der Waals surface area contributed by atoms with Gasteiger partial charge in [-0.3, -0.25) is 9.69 Å². The van der Waals surface area contributed by atoms with E-state index in [9.17, 15) is 18.0 Å². The summed E-state index contributed by atoms with van der Waals surface area (Å²) in [6.45, 7) is 0.138. The van der Waals surface area contributed by atoms with Crippen LogP contribution in [0.5, 0.6) is 0 Å². The Hall–Kier alpha value is -2.69. The van der Waals surface area contributed by atoms with Crippen LogP contribution in [0.4, 0.5) is 18.9 Å². The third-order valence-electron chi connectivity index (χ3n) is 4.03. The first kappa shape index (κ1) is 22.0. The van der Waals surface area contributed by atoms with Crippen molar-refractivity contribution >= 4 is 34.8 Å². The summed E-state index contributed by atoms with van der Waals surface area (Å²) in [7, 11) is 1.67. The molecule has 0 radical (unpaired) electrons. The number of carbonyl (C=O) groups excluding carboxylic acids is 1. The molecule has 30 heavy (non-hydrogen) atoms. The highest BCUT2D eigenvalue weighted by molar-refractivity contribution is 6.39. The standard InChI is InChI=1S/C18H15Cl2F3N6O/c1-28(10-16(30)24-17-13(19)3-2-4-14(17)20)9-15-25-26-27-29(15)12-7-5-11(6-8-12)18(21,22)23/h2-8H,9-10H2,1H3,(H,24,30). The number of nitrogens with one attached hydrogen (secondary N) is 1. The molecule has 0 aliphatic heterocycles. The van der Waals surface area contributed by atoms with E-state index in [1.54, 1.807) is 30.1 Å². The van der Waals surface area contributed by atoms with E-state index in [2.05, 4.69) is 20.8 Å². The molecule has 12 heteroatoms. The van der Waals surface area contributed by atoms with Crippen molar-refractivity contribution in [1.29, 1.82) is 0 Å². The van der Waals surface area contributed by atoms with Gasteiger partial charge in [-0.15, -0.1) is 5.10 Å². The maximum absolute atomic E-state index is 12.7. The minimum atomic E-state index is -4.43. The number of para-hydroxylation sites is 1. The van der Waals surface area contributed by atoms with E-state index in [-0.39, 0.29) is 19.0 Å². The Morgan fingerprint density at radius 2 is 1.77 bits per heavy atom. The molecule has 7 nitrogen and oxygen atoms in total. The molecule has 0 spiro atoms. The first-order chi connectivity index (χ1) is 14.1. The summed E-state index contributed by atoms with van der Waals surface area (Å²) in [5.41, 5.74) is -0.0922. The molecule has 3 aromatic rings. The Balaban J connectivity index is 1.66. The van der Waals surface area contributed by atoms with Crippen molar-refractivity contribution in [2.45, 2.75) is 12.7 Å². The van der Waals surface area contributed by atoms with Crippen LogP contribution >= 0.6 is 23.2 Å². The van der Waals surface area contributed by atoms with E-state index < -0.39 is 11.7 Å². The zero-order chi connectivity index (χ0) is 21.9. The zero-order valence-corrected chi connectivity index (χ0v) is 17.0. The van der Waals surface area contributed by atoms with Crippen molar-refractivity contribution in [1.82, 2.24) is 25.1 Å². The van der Waals surface area contributed by atoms with Gasteiger partial charge in [-0.1, -0.05) is 29.3 Å². The quantitative estimate of drug-likeness (QED) is 0.602. The lowest BCUT2D eigenvalue weighted by atomic mass is 10.2. The number of carbonyl (C=O) groups is 1. The number of benzene rings is 2. The largest absolute Gasteiger partial charge is 0.416 e. The normalized spacial score (nSPS) is 11.7. The van der Waals surface area contributed by atoms with Gasteiger partial charge in [0, 0.05) is 0 Å². The fraction of sp³-hybridized carbons (Fsp3) is 0.222. The van der Waals surface area contributed by atoms with E-state index in [1.807, 2.05) is 0 Å². The molecule has 2 aromatic carbocycles. The van der Waals surface area contributed by atoms with Crippen LogP contribution in [0.15, 0.2) is 42.5 Å². The van der Waals surface area contributed by atoms with Gasteiger partial charge in [-0.25, -0.2) is 0 Å². The number of aromatic nitrogens is 4. The van der Waals surface area contributed by atoms with Gasteiger partial charge in [0.25, 0.3) is 0 Å². The third kappa shape index (κ3) is 5.26. The molecular weight excluding hydrogens is 444 g/mol. The molecule has 1 aromatic heterocycles. The number of hydrogen-bond donors (Lipinski definition) is 1. The summed E-state index contributed by atoms with van der Waals surface area (Å²) in [5, 5.41) is 14.5. The maximum Gasteiger partial charge on any atom is 0.416 e. The second-order valence-electron chi connectivity index (χ2n) is 6.37. The fourth-order valence-corrected chi connectivity index (χ4v) is 3.13. The summed E-state index contributed by atoms with van der Waals surface area (Å²) >= 11 is 12.1. The number of amides is 1. The second kappa shape index (κ2) is 8.99. The van der Waals surface area contributed by atoms with Crippen molar-refractivity contribution in [2.24, 2.45) is 0 Å². The van der Waals surface area contributed by atoms with E-state index in [1.165, 1.54) is 16.8 Å². The minimum absolute atomic E-state index is 0.0264. The highest BCUT2D eigenvalue weighted by Crippen LogP contribution is 2.30. The van der Waals surface area contributed by atoms with Crippen molar-refractivity contribution < 1.29 is 18.0 Å². The van der Waals surface area contributed by atoms with Gasteiger partial charge >= 0.3 is 6.18 Å². The first-order valence-electron chi connectivity index (χ1n) is 8.52. The maximum atomic E-state index is 12.7. The molecule has 0 aliphatic carbocycles. The third-order valence-corrected chi connectivity index (χ3v) is 4.66. The molecule has 0 atom stereocenters. The molecule has 1 heterocycles. The molecule has 1 N–H and O–H groups in total. The fourth-order valence-electron chi connectivity index (χ4n) is 2.64. The molecular formula is C18H15Cl2F3N6O. The first-order valence-corrected chi connectivity index (χ1v) is 9.28. The number of hydrogen-bond acceptors (Lipinski definition) is 5. The molecule has 0 saturated heterocycles. The Morgan fingerprint density at radius 1 is 1.13 bits per heavy atom. The van der Waals surface area contributed by atoms with Crippen LogP contribution in [0.25, 0.3) is 5.69 Å². The van der Waals surface area contributed by atoms with Crippen molar-refractivity contribution in [2.75, 3.05) is 18.9 Å². The van der Waals surface area contributed by atoms with Crippen LogP contribution in [0.1, 0.15) is 11.4 Å². The topological polar surface area (TPSA) is 75.9 Å². The predicted octanol–water partition coefficient (Wildman–Crippen LogP) is 4.06. The number of rotatable bonds is 6. The van der Waals surface area contributed by atoms with Crippen LogP contribution in [0, 0.1) is 0 Å². The lowest BCUT2D eigenvalue weighted by Crippen LogP contribution is -2.31. The summed E-state index contributed by atoms with van der Waals surface area (Å²) < 4.78 is 39.5. The van der Waals surface area contributed by atoms with E-state index in [0.717, 1.165) is 12.1 Å². The Morgan fingerprint density at radius 3 is 2.37 bits per heavy atom. The monoisotopic (exact) mass is 458 g/mol. The minimum Gasteiger partial charge on any atom is -0.322 e. The van der Waals surface area contributed by atoms with Crippen molar-refractivity contribution in [3.8, 4) is 5.69 Å². The van der Waals surface area contributed by atoms with E-state index in [0.29, 0.717) is 27.2 Å². The van der Waals surface area contributed by atoms with Crippen molar-refractivity contribution in [3.63, 3.8) is 0 Å². The smallest absolute Gasteiger partial charge is 0.322 e. The number of nitrogens with zero attached hydrogens (tertiary/aromatic N) is 5. The van der Waals surface area contributed by atoms with Crippen LogP contribution < -0.4 is 5.32 Å². The van der Waals surface area contributed by atoms with Gasteiger partial charge < -0.3 is 5.32 Å². The highest BCUT2D eigenvalue weighted by Gasteiger charge is 2.30. The number of likely N-dealkylation sites (N-methyl/N-ethyl adjacent to an activating group) is 1. The van der Waals surface area contributed by atoms with Gasteiger partial charge in [0.15, 0.2) is 5.82 Å². The molecule has 0 bridgehead atoms. The van der Waals surface area contributed by atoms with Crippen molar-refractivity contribution in [3.05, 3.63) is 63.9 Å². The molecule has 0 saturated carbocycles. The molecule has 0 aliphatic rings. The summed E-state index contributed by atoms with van der Waals surface area (Å²) in [5.74, 6) is -0.0121. The zero-order valence-electron chi connectivity index (χ0n) is 15.5. The second-order valence-corrected chi connectivity index (χ2v) is 7.18. The molecule has 0 unspecified atom stereocenters. The number of alkyl halides is 3. The SMILES string of the molecule is CN(CC(=O)Nc1c(Cl)cccc1Cl)Cc1nnnn1-c1ccc(C(F)(F)F)cc1. The molecule has 3 rings (SSSR count). The average Bonchev–Trinajstić information content (AvgIpc) is 3.12. The van der Waals surface area contributed by atoms with E-state index in [4.69, 9.17) is 23.2 Å². The Labute approximate surface area is 179 Å². The summed E-state index contributed by atoms with van der Waals surface area (Å²) in [6, 6.07) is 9.31. The predicted molar refractivity (Wildman–Crippen MR) is 106 cm³/mol. The molecule has 1 amide bonds. The van der Waals surface area contributed by atoms with E-state index >= 15 is 0 Å². The number of anilines is 1. The van der Waals surface area contributed by atoms with Crippen LogP contribution in [-0.4, -0.2) is 44.6 Å². The van der Waals surface area contributed by atoms with Gasteiger partial charge in [0.05, 0.1) is 40.1 Å². The summed E-state index contributed by atoms with van der Waals surface area (Å²) in [4.78, 5) is 13.9. The number of halogens is 5. The van der Waals surface area contributed by atoms with Gasteiger partial charge in [-0.05, 0) is 53.9 Å². The van der Waals surface area contributed by atoms with Gasteiger partial charge in [-0.2, -0.15) is 17.9 Å². The van der Waals surface area contributed by atoms with Crippen LogP contribution in [0.3, 0.4) is 0 Å². The Bertz CT molecular complexity index is 1020. The van der Waals surface area contributed by atoms with Crippen LogP contribution in [0.2, 0.25) is 10.0 Å². The number of tetrazole rings is 1.